The van der Waals surface area contributed by atoms with Crippen molar-refractivity contribution in [2.45, 2.75) is 45.0 Å². The maximum absolute atomic E-state index is 11.2. The van der Waals surface area contributed by atoms with Crippen LogP contribution in [0.5, 0.6) is 11.5 Å². The van der Waals surface area contributed by atoms with Crippen LogP contribution >= 0.6 is 11.6 Å². The summed E-state index contributed by atoms with van der Waals surface area (Å²) in [6.07, 6.45) is 1.21. The largest absolute Gasteiger partial charge is 0.489 e. The molecule has 0 aliphatic carbocycles. The van der Waals surface area contributed by atoms with E-state index in [-0.39, 0.29) is 0 Å². The van der Waals surface area contributed by atoms with Crippen molar-refractivity contribution in [3.63, 3.8) is 0 Å². The number of para-hydroxylation sites is 1. The first kappa shape index (κ1) is 22.8. The van der Waals surface area contributed by atoms with Crippen LogP contribution in [0.4, 0.5) is 0 Å². The van der Waals surface area contributed by atoms with E-state index in [4.69, 9.17) is 25.8 Å². The third-order valence-electron chi connectivity index (χ3n) is 4.48. The molecule has 0 radical (unpaired) electrons. The molecule has 3 rings (SSSR count). The van der Waals surface area contributed by atoms with E-state index in [2.05, 4.69) is 4.98 Å². The van der Waals surface area contributed by atoms with Crippen molar-refractivity contribution in [1.29, 1.82) is 0 Å². The summed E-state index contributed by atoms with van der Waals surface area (Å²) in [5, 5.41) is 9.32. The highest BCUT2D eigenvalue weighted by Gasteiger charge is 2.18. The van der Waals surface area contributed by atoms with E-state index in [0.717, 1.165) is 22.0 Å². The second-order valence-corrected chi connectivity index (χ2v) is 8.47. The summed E-state index contributed by atoms with van der Waals surface area (Å²) in [7, 11) is 0. The normalized spacial score (nSPS) is 12.5. The van der Waals surface area contributed by atoms with Gasteiger partial charge in [-0.15, -0.1) is 0 Å². The zero-order chi connectivity index (χ0) is 22.4. The number of aliphatic carboxylic acids is 1. The summed E-state index contributed by atoms with van der Waals surface area (Å²) in [5.41, 5.74) is 2.53. The molecule has 0 saturated carbocycles. The molecule has 7 heteroatoms. The number of hydrogen-bond acceptors (Lipinski definition) is 5. The molecule has 0 aliphatic rings. The summed E-state index contributed by atoms with van der Waals surface area (Å²) in [6.45, 7) is 6.04. The second kappa shape index (κ2) is 9.98. The minimum atomic E-state index is -0.964. The fourth-order valence-electron chi connectivity index (χ4n) is 3.12. The number of carbonyl (C=O) groups is 1. The van der Waals surface area contributed by atoms with E-state index in [0.29, 0.717) is 31.1 Å². The van der Waals surface area contributed by atoms with Gasteiger partial charge in [0.25, 0.3) is 0 Å². The number of rotatable bonds is 10. The number of ether oxygens (including phenoxy) is 3. The SMILES string of the molecule is CCOC(Cc1ccc(OCc2cnc3c(OC(C)(C)Cl)cccc3c2)cc1)C(=O)O. The number of hydrogen-bond donors (Lipinski definition) is 1. The zero-order valence-electron chi connectivity index (χ0n) is 17.8. The van der Waals surface area contributed by atoms with Gasteiger partial charge in [-0.1, -0.05) is 35.9 Å². The van der Waals surface area contributed by atoms with Crippen molar-refractivity contribution >= 4 is 28.5 Å². The maximum atomic E-state index is 11.2. The Morgan fingerprint density at radius 2 is 1.90 bits per heavy atom. The van der Waals surface area contributed by atoms with E-state index in [1.54, 1.807) is 27.0 Å². The molecule has 0 spiro atoms. The van der Waals surface area contributed by atoms with Gasteiger partial charge in [0.2, 0.25) is 0 Å². The summed E-state index contributed by atoms with van der Waals surface area (Å²) in [4.78, 5) is 15.8. The van der Waals surface area contributed by atoms with E-state index in [1.165, 1.54) is 0 Å². The first-order chi connectivity index (χ1) is 14.7. The number of benzene rings is 2. The Kier molecular flexibility index (Phi) is 7.36. The average Bonchev–Trinajstić information content (AvgIpc) is 2.72. The molecule has 164 valence electrons. The van der Waals surface area contributed by atoms with Gasteiger partial charge in [0, 0.05) is 30.2 Å². The Morgan fingerprint density at radius 3 is 2.55 bits per heavy atom. The highest BCUT2D eigenvalue weighted by Crippen LogP contribution is 2.29. The Morgan fingerprint density at radius 1 is 1.16 bits per heavy atom. The van der Waals surface area contributed by atoms with Gasteiger partial charge < -0.3 is 19.3 Å². The average molecular weight is 444 g/mol. The summed E-state index contributed by atoms with van der Waals surface area (Å²) in [5.74, 6) is 0.356. The van der Waals surface area contributed by atoms with E-state index < -0.39 is 17.1 Å². The molecule has 1 N–H and O–H groups in total. The highest BCUT2D eigenvalue weighted by atomic mass is 35.5. The molecule has 1 unspecified atom stereocenters. The van der Waals surface area contributed by atoms with Gasteiger partial charge in [0.15, 0.2) is 11.2 Å². The molecule has 3 aromatic rings. The summed E-state index contributed by atoms with van der Waals surface area (Å²) < 4.78 is 16.9. The molecular formula is C24H26ClNO5. The molecule has 0 fully saturated rings. The van der Waals surface area contributed by atoms with Crippen LogP contribution in [0.1, 0.15) is 31.9 Å². The van der Waals surface area contributed by atoms with Crippen molar-refractivity contribution < 1.29 is 24.1 Å². The van der Waals surface area contributed by atoms with Gasteiger partial charge in [0.1, 0.15) is 23.6 Å². The number of alkyl halides is 1. The Hall–Kier alpha value is -2.83. The number of pyridine rings is 1. The van der Waals surface area contributed by atoms with Crippen molar-refractivity contribution in [2.24, 2.45) is 0 Å². The number of nitrogens with zero attached hydrogens (tertiary/aromatic N) is 1. The van der Waals surface area contributed by atoms with E-state index in [9.17, 15) is 9.90 Å². The molecule has 1 aromatic heterocycles. The lowest BCUT2D eigenvalue weighted by molar-refractivity contribution is -0.149. The van der Waals surface area contributed by atoms with Crippen LogP contribution in [0.2, 0.25) is 0 Å². The van der Waals surface area contributed by atoms with Crippen LogP contribution in [-0.2, 0) is 22.6 Å². The molecule has 2 aromatic carbocycles. The number of carboxylic acids is 1. The highest BCUT2D eigenvalue weighted by molar-refractivity contribution is 6.22. The predicted molar refractivity (Wildman–Crippen MR) is 120 cm³/mol. The molecule has 1 heterocycles. The fraction of sp³-hybridized carbons (Fsp3) is 0.333. The van der Waals surface area contributed by atoms with Crippen LogP contribution in [0, 0.1) is 0 Å². The fourth-order valence-corrected chi connectivity index (χ4v) is 3.21. The van der Waals surface area contributed by atoms with E-state index >= 15 is 0 Å². The molecule has 1 atom stereocenters. The number of halogens is 1. The molecule has 0 aliphatic heterocycles. The van der Waals surface area contributed by atoms with Crippen molar-refractivity contribution in [1.82, 2.24) is 4.98 Å². The van der Waals surface area contributed by atoms with Gasteiger partial charge in [0.05, 0.1) is 0 Å². The van der Waals surface area contributed by atoms with Crippen molar-refractivity contribution in [3.8, 4) is 11.5 Å². The predicted octanol–water partition coefficient (Wildman–Crippen LogP) is 5.20. The number of fused-ring (bicyclic) bond motifs is 1. The Labute approximate surface area is 186 Å². The van der Waals surface area contributed by atoms with Crippen LogP contribution in [0.15, 0.2) is 54.7 Å². The van der Waals surface area contributed by atoms with Gasteiger partial charge in [-0.25, -0.2) is 4.79 Å². The maximum Gasteiger partial charge on any atom is 0.333 e. The van der Waals surface area contributed by atoms with Crippen molar-refractivity contribution in [2.75, 3.05) is 6.61 Å². The van der Waals surface area contributed by atoms with E-state index in [1.807, 2.05) is 48.5 Å². The standard InChI is InChI=1S/C24H26ClNO5/c1-4-29-21(23(27)28)13-16-8-10-19(11-9-16)30-15-17-12-18-6-5-7-20(22(18)26-14-17)31-24(2,3)25/h5-12,14,21H,4,13,15H2,1-3H3,(H,27,28). The third-order valence-corrected chi connectivity index (χ3v) is 4.55. The first-order valence-electron chi connectivity index (χ1n) is 10.1. The minimum Gasteiger partial charge on any atom is -0.489 e. The molecule has 0 bridgehead atoms. The number of carboxylic acid groups (broad SMARTS) is 1. The lowest BCUT2D eigenvalue weighted by atomic mass is 10.1. The van der Waals surface area contributed by atoms with Crippen LogP contribution in [-0.4, -0.2) is 33.8 Å². The second-order valence-electron chi connectivity index (χ2n) is 7.56. The topological polar surface area (TPSA) is 77.9 Å². The quantitative estimate of drug-likeness (QED) is 0.434. The van der Waals surface area contributed by atoms with Gasteiger partial charge >= 0.3 is 5.97 Å². The smallest absolute Gasteiger partial charge is 0.333 e. The van der Waals surface area contributed by atoms with Gasteiger partial charge in [-0.3, -0.25) is 4.98 Å². The molecular weight excluding hydrogens is 418 g/mol. The zero-order valence-corrected chi connectivity index (χ0v) is 18.6. The van der Waals surface area contributed by atoms with Crippen molar-refractivity contribution in [3.05, 3.63) is 65.9 Å². The lowest BCUT2D eigenvalue weighted by Gasteiger charge is -2.19. The molecule has 6 nitrogen and oxygen atoms in total. The number of aromatic nitrogens is 1. The molecule has 0 saturated heterocycles. The van der Waals surface area contributed by atoms with Gasteiger partial charge in [-0.2, -0.15) is 0 Å². The monoisotopic (exact) mass is 443 g/mol. The van der Waals surface area contributed by atoms with Crippen LogP contribution in [0.25, 0.3) is 10.9 Å². The summed E-state index contributed by atoms with van der Waals surface area (Å²) in [6, 6.07) is 15.1. The first-order valence-corrected chi connectivity index (χ1v) is 10.4. The van der Waals surface area contributed by atoms with Crippen LogP contribution < -0.4 is 9.47 Å². The molecule has 31 heavy (non-hydrogen) atoms. The Bertz CT molecular complexity index is 1030. The third kappa shape index (κ3) is 6.57. The minimum absolute atomic E-state index is 0.307. The lowest BCUT2D eigenvalue weighted by Crippen LogP contribution is -2.26. The van der Waals surface area contributed by atoms with Crippen LogP contribution in [0.3, 0.4) is 0 Å². The summed E-state index contributed by atoms with van der Waals surface area (Å²) >= 11 is 6.18. The van der Waals surface area contributed by atoms with Gasteiger partial charge in [-0.05, 0) is 50.6 Å². The Balaban J connectivity index is 1.65. The molecule has 0 amide bonds.